The van der Waals surface area contributed by atoms with E-state index in [1.807, 2.05) is 37.7 Å². The predicted octanol–water partition coefficient (Wildman–Crippen LogP) is 3.30. The molecule has 2 N–H and O–H groups in total. The van der Waals surface area contributed by atoms with Gasteiger partial charge in [0.15, 0.2) is 0 Å². The quantitative estimate of drug-likeness (QED) is 0.568. The molecule has 0 bridgehead atoms. The van der Waals surface area contributed by atoms with Crippen LogP contribution in [0.3, 0.4) is 0 Å². The van der Waals surface area contributed by atoms with Gasteiger partial charge >= 0.3 is 0 Å². The fourth-order valence-corrected chi connectivity index (χ4v) is 4.38. The molecule has 8 nitrogen and oxygen atoms in total. The molecule has 0 saturated carbocycles. The van der Waals surface area contributed by atoms with Crippen molar-refractivity contribution in [3.8, 4) is 5.75 Å². The van der Waals surface area contributed by atoms with Crippen LogP contribution in [0.5, 0.6) is 5.75 Å². The molecule has 2 aromatic heterocycles. The van der Waals surface area contributed by atoms with E-state index >= 15 is 0 Å². The zero-order valence-electron chi connectivity index (χ0n) is 19.6. The summed E-state index contributed by atoms with van der Waals surface area (Å²) in [4.78, 5) is 23.0. The largest absolute Gasteiger partial charge is 0.491 e. The lowest BCUT2D eigenvalue weighted by Gasteiger charge is -2.32. The van der Waals surface area contributed by atoms with Crippen LogP contribution in [0.15, 0.2) is 42.9 Å². The first-order valence-corrected chi connectivity index (χ1v) is 11.5. The predicted molar refractivity (Wildman–Crippen MR) is 126 cm³/mol. The Bertz CT molecular complexity index is 1100. The topological polar surface area (TPSA) is 99.2 Å². The van der Waals surface area contributed by atoms with Crippen LogP contribution >= 0.6 is 0 Å². The van der Waals surface area contributed by atoms with E-state index in [4.69, 9.17) is 10.5 Å². The number of benzene rings is 1. The van der Waals surface area contributed by atoms with Crippen molar-refractivity contribution in [1.82, 2.24) is 24.6 Å². The Morgan fingerprint density at radius 1 is 1.30 bits per heavy atom. The summed E-state index contributed by atoms with van der Waals surface area (Å²) in [6.45, 7) is 9.34. The molecule has 1 aliphatic rings. The van der Waals surface area contributed by atoms with E-state index in [2.05, 4.69) is 38.2 Å². The van der Waals surface area contributed by atoms with Crippen LogP contribution in [0.25, 0.3) is 0 Å². The minimum atomic E-state index is -0.486. The molecule has 8 heteroatoms. The van der Waals surface area contributed by atoms with Crippen LogP contribution in [-0.4, -0.2) is 49.7 Å². The van der Waals surface area contributed by atoms with Crippen molar-refractivity contribution in [2.24, 2.45) is 5.73 Å². The number of likely N-dealkylation sites (tertiary alicyclic amines) is 1. The van der Waals surface area contributed by atoms with Gasteiger partial charge in [-0.3, -0.25) is 14.4 Å². The van der Waals surface area contributed by atoms with Gasteiger partial charge in [-0.15, -0.1) is 0 Å². The van der Waals surface area contributed by atoms with Gasteiger partial charge in [-0.1, -0.05) is 6.07 Å². The van der Waals surface area contributed by atoms with Gasteiger partial charge in [0, 0.05) is 43.2 Å². The Kier molecular flexibility index (Phi) is 7.03. The molecule has 174 valence electrons. The Hall–Kier alpha value is -3.26. The summed E-state index contributed by atoms with van der Waals surface area (Å²) < 4.78 is 7.96. The van der Waals surface area contributed by atoms with Crippen LogP contribution in [-0.2, 0) is 13.1 Å². The van der Waals surface area contributed by atoms with Crippen molar-refractivity contribution in [3.05, 3.63) is 71.1 Å². The van der Waals surface area contributed by atoms with Crippen molar-refractivity contribution >= 4 is 5.91 Å². The van der Waals surface area contributed by atoms with Crippen LogP contribution in [0.4, 0.5) is 0 Å². The highest BCUT2D eigenvalue weighted by Gasteiger charge is 2.24. The lowest BCUT2D eigenvalue weighted by Crippen LogP contribution is -2.34. The Morgan fingerprint density at radius 3 is 2.85 bits per heavy atom. The first-order chi connectivity index (χ1) is 15.9. The van der Waals surface area contributed by atoms with Gasteiger partial charge in [-0.05, 0) is 63.9 Å². The van der Waals surface area contributed by atoms with Crippen molar-refractivity contribution in [2.75, 3.05) is 13.1 Å². The monoisotopic (exact) mass is 448 g/mol. The normalized spacial score (nSPS) is 16.8. The third-order valence-corrected chi connectivity index (χ3v) is 5.92. The Labute approximate surface area is 194 Å². The number of aromatic nitrogens is 4. The van der Waals surface area contributed by atoms with Gasteiger partial charge in [0.25, 0.3) is 5.91 Å². The zero-order chi connectivity index (χ0) is 23.4. The smallest absolute Gasteiger partial charge is 0.252 e. The van der Waals surface area contributed by atoms with Gasteiger partial charge in [0.05, 0.1) is 23.9 Å². The maximum Gasteiger partial charge on any atom is 0.252 e. The highest BCUT2D eigenvalue weighted by Crippen LogP contribution is 2.28. The number of ether oxygens (including phenoxy) is 1. The van der Waals surface area contributed by atoms with Crippen molar-refractivity contribution < 1.29 is 9.53 Å². The molecule has 33 heavy (non-hydrogen) atoms. The summed E-state index contributed by atoms with van der Waals surface area (Å²) in [5.74, 6) is 1.45. The second-order valence-corrected chi connectivity index (χ2v) is 8.98. The van der Waals surface area contributed by atoms with Crippen LogP contribution < -0.4 is 10.5 Å². The van der Waals surface area contributed by atoms with E-state index in [-0.39, 0.29) is 12.0 Å². The molecular weight excluding hydrogens is 416 g/mol. The van der Waals surface area contributed by atoms with Crippen LogP contribution in [0.1, 0.15) is 65.6 Å². The molecule has 0 unspecified atom stereocenters. The molecule has 0 radical (unpaired) electrons. The molecular formula is C25H32N6O2. The molecule has 1 aliphatic heterocycles. The number of nitrogens with zero attached hydrogens (tertiary/aromatic N) is 5. The lowest BCUT2D eigenvalue weighted by atomic mass is 9.96. The summed E-state index contributed by atoms with van der Waals surface area (Å²) in [5, 5.41) is 4.35. The lowest BCUT2D eigenvalue weighted by molar-refractivity contribution is 0.0998. The summed E-state index contributed by atoms with van der Waals surface area (Å²) in [6.07, 6.45) is 7.55. The number of amides is 1. The number of carbonyl (C=O) groups excluding carboxylic acids is 1. The maximum atomic E-state index is 11.5. The number of hydrogen-bond acceptors (Lipinski definition) is 6. The number of piperidine rings is 1. The van der Waals surface area contributed by atoms with E-state index in [0.717, 1.165) is 49.6 Å². The first-order valence-electron chi connectivity index (χ1n) is 11.5. The molecule has 0 spiro atoms. The van der Waals surface area contributed by atoms with Crippen molar-refractivity contribution in [3.63, 3.8) is 0 Å². The maximum absolute atomic E-state index is 11.5. The third-order valence-electron chi connectivity index (χ3n) is 5.92. The first kappa shape index (κ1) is 22.9. The van der Waals surface area contributed by atoms with Gasteiger partial charge in [0.1, 0.15) is 11.6 Å². The van der Waals surface area contributed by atoms with Crippen LogP contribution in [0, 0.1) is 6.92 Å². The summed E-state index contributed by atoms with van der Waals surface area (Å²) >= 11 is 0. The van der Waals surface area contributed by atoms with Gasteiger partial charge in [0.2, 0.25) is 0 Å². The van der Waals surface area contributed by atoms with Crippen molar-refractivity contribution in [2.45, 2.75) is 58.7 Å². The Morgan fingerprint density at radius 2 is 2.15 bits per heavy atom. The Balaban J connectivity index is 1.48. The van der Waals surface area contributed by atoms with E-state index in [0.29, 0.717) is 17.8 Å². The van der Waals surface area contributed by atoms with Gasteiger partial charge < -0.3 is 10.5 Å². The molecule has 1 saturated heterocycles. The van der Waals surface area contributed by atoms with E-state index in [1.54, 1.807) is 12.4 Å². The summed E-state index contributed by atoms with van der Waals surface area (Å²) in [7, 11) is 0. The minimum absolute atomic E-state index is 0.111. The average molecular weight is 449 g/mol. The molecule has 1 atom stereocenters. The molecule has 1 amide bonds. The average Bonchev–Trinajstić information content (AvgIpc) is 3.28. The number of primary amides is 1. The third kappa shape index (κ3) is 5.76. The highest BCUT2D eigenvalue weighted by molar-refractivity contribution is 5.93. The standard InChI is InChI=1S/C25H32N6O2/c1-17(2)33-23-8-7-19(12-21(23)16-31-11-5-9-28-31)14-30-10-4-6-20(15-30)25-27-13-22(24(26)32)18(3)29-25/h5,7-9,11-13,17,20H,4,6,10,14-16H2,1-3H3,(H2,26,32)/t20-/m1/s1. The highest BCUT2D eigenvalue weighted by atomic mass is 16.5. The molecule has 4 rings (SSSR count). The van der Waals surface area contributed by atoms with E-state index in [9.17, 15) is 4.79 Å². The minimum Gasteiger partial charge on any atom is -0.491 e. The number of nitrogens with two attached hydrogens (primary N) is 1. The number of aryl methyl sites for hydroxylation is 1. The summed E-state index contributed by atoms with van der Waals surface area (Å²) in [5.41, 5.74) is 8.81. The zero-order valence-corrected chi connectivity index (χ0v) is 19.6. The molecule has 1 fully saturated rings. The second kappa shape index (κ2) is 10.1. The fourth-order valence-electron chi connectivity index (χ4n) is 4.38. The van der Waals surface area contributed by atoms with E-state index in [1.165, 1.54) is 5.56 Å². The summed E-state index contributed by atoms with van der Waals surface area (Å²) in [6, 6.07) is 8.38. The van der Waals surface area contributed by atoms with Gasteiger partial charge in [-0.25, -0.2) is 9.97 Å². The SMILES string of the molecule is Cc1nc([C@@H]2CCCN(Cc3ccc(OC(C)C)c(Cn4cccn4)c3)C2)ncc1C(N)=O. The molecule has 3 heterocycles. The van der Waals surface area contributed by atoms with Crippen LogP contribution in [0.2, 0.25) is 0 Å². The second-order valence-electron chi connectivity index (χ2n) is 8.98. The van der Waals surface area contributed by atoms with Crippen molar-refractivity contribution in [1.29, 1.82) is 0 Å². The fraction of sp³-hybridized carbons (Fsp3) is 0.440. The molecule has 3 aromatic rings. The van der Waals surface area contributed by atoms with Gasteiger partial charge in [-0.2, -0.15) is 5.10 Å². The molecule has 0 aliphatic carbocycles. The number of carbonyl (C=O) groups is 1. The van der Waals surface area contributed by atoms with E-state index < -0.39 is 5.91 Å². The molecule has 1 aromatic carbocycles. The number of hydrogen-bond donors (Lipinski definition) is 1. The number of rotatable bonds is 8.